The molecule has 0 aromatic carbocycles. The number of pyridine rings is 1. The van der Waals surface area contributed by atoms with Crippen LogP contribution in [-0.4, -0.2) is 42.0 Å². The lowest BCUT2D eigenvalue weighted by Gasteiger charge is -2.35. The summed E-state index contributed by atoms with van der Waals surface area (Å²) in [5, 5.41) is 0. The van der Waals surface area contributed by atoms with Crippen LogP contribution in [0.5, 0.6) is 0 Å². The van der Waals surface area contributed by atoms with Crippen LogP contribution in [0.2, 0.25) is 0 Å². The van der Waals surface area contributed by atoms with E-state index in [2.05, 4.69) is 25.8 Å². The van der Waals surface area contributed by atoms with E-state index in [1.807, 2.05) is 36.1 Å². The molecule has 3 rings (SSSR count). The van der Waals surface area contributed by atoms with E-state index in [1.165, 1.54) is 11.3 Å². The highest BCUT2D eigenvalue weighted by Crippen LogP contribution is 2.28. The fourth-order valence-corrected chi connectivity index (χ4v) is 3.90. The van der Waals surface area contributed by atoms with E-state index < -0.39 is 0 Å². The monoisotopic (exact) mass is 365 g/mol. The number of amides is 1. The average molecular weight is 366 g/mol. The van der Waals surface area contributed by atoms with E-state index in [0.717, 1.165) is 46.2 Å². The van der Waals surface area contributed by atoms with Crippen LogP contribution in [-0.2, 0) is 0 Å². The van der Waals surface area contributed by atoms with Gasteiger partial charge in [0.1, 0.15) is 5.82 Å². The van der Waals surface area contributed by atoms with Crippen molar-refractivity contribution in [3.05, 3.63) is 44.7 Å². The van der Waals surface area contributed by atoms with E-state index in [-0.39, 0.29) is 5.91 Å². The van der Waals surface area contributed by atoms with Gasteiger partial charge in [-0.3, -0.25) is 4.79 Å². The summed E-state index contributed by atoms with van der Waals surface area (Å²) in [5.41, 5.74) is 1.12. The van der Waals surface area contributed by atoms with E-state index >= 15 is 0 Å². The van der Waals surface area contributed by atoms with Gasteiger partial charge in [-0.05, 0) is 46.6 Å². The number of thiophene rings is 1. The maximum absolute atomic E-state index is 12.5. The van der Waals surface area contributed by atoms with Gasteiger partial charge in [-0.2, -0.15) is 0 Å². The summed E-state index contributed by atoms with van der Waals surface area (Å²) in [6.45, 7) is 5.15. The molecule has 1 fully saturated rings. The van der Waals surface area contributed by atoms with Crippen molar-refractivity contribution < 1.29 is 4.79 Å². The van der Waals surface area contributed by atoms with E-state index in [0.29, 0.717) is 0 Å². The van der Waals surface area contributed by atoms with Gasteiger partial charge in [-0.15, -0.1) is 11.3 Å². The summed E-state index contributed by atoms with van der Waals surface area (Å²) in [6.07, 6.45) is 1.80. The van der Waals surface area contributed by atoms with Gasteiger partial charge < -0.3 is 9.80 Å². The molecule has 110 valence electrons. The third-order valence-electron chi connectivity index (χ3n) is 3.61. The van der Waals surface area contributed by atoms with Crippen molar-refractivity contribution in [1.82, 2.24) is 9.88 Å². The highest BCUT2D eigenvalue weighted by Gasteiger charge is 2.24. The molecule has 1 aliphatic rings. The Bertz CT molecular complexity index is 616. The van der Waals surface area contributed by atoms with Crippen LogP contribution in [0.15, 0.2) is 34.2 Å². The van der Waals surface area contributed by atoms with Crippen LogP contribution in [0, 0.1) is 6.92 Å². The van der Waals surface area contributed by atoms with Crippen LogP contribution in [0.3, 0.4) is 0 Å². The lowest BCUT2D eigenvalue weighted by atomic mass is 10.2. The summed E-state index contributed by atoms with van der Waals surface area (Å²) in [4.78, 5) is 21.8. The van der Waals surface area contributed by atoms with Crippen molar-refractivity contribution in [2.24, 2.45) is 0 Å². The number of anilines is 1. The second-order valence-corrected chi connectivity index (χ2v) is 7.40. The van der Waals surface area contributed by atoms with Crippen LogP contribution in [0.1, 0.15) is 15.2 Å². The lowest BCUT2D eigenvalue weighted by molar-refractivity contribution is 0.0751. The Balaban J connectivity index is 1.64. The summed E-state index contributed by atoms with van der Waals surface area (Å²) in [6, 6.07) is 7.88. The summed E-state index contributed by atoms with van der Waals surface area (Å²) in [7, 11) is 0. The fraction of sp³-hybridized carbons (Fsp3) is 0.333. The molecule has 0 spiro atoms. The number of hydrogen-bond donors (Lipinski definition) is 0. The smallest absolute Gasteiger partial charge is 0.264 e. The molecular weight excluding hydrogens is 350 g/mol. The van der Waals surface area contributed by atoms with E-state index in [1.54, 1.807) is 6.20 Å². The van der Waals surface area contributed by atoms with Crippen LogP contribution in [0.4, 0.5) is 5.82 Å². The Morgan fingerprint density at radius 2 is 2.05 bits per heavy atom. The van der Waals surface area contributed by atoms with Gasteiger partial charge in [0.2, 0.25) is 0 Å². The predicted molar refractivity (Wildman–Crippen MR) is 89.1 cm³/mol. The van der Waals surface area contributed by atoms with E-state index in [9.17, 15) is 4.79 Å². The molecule has 1 aliphatic heterocycles. The Hall–Kier alpha value is -1.40. The quantitative estimate of drug-likeness (QED) is 0.819. The van der Waals surface area contributed by atoms with Crippen molar-refractivity contribution in [2.75, 3.05) is 31.1 Å². The minimum absolute atomic E-state index is 0.134. The number of rotatable bonds is 2. The number of piperazine rings is 1. The van der Waals surface area contributed by atoms with Gasteiger partial charge in [0.15, 0.2) is 0 Å². The molecule has 0 bridgehead atoms. The van der Waals surface area contributed by atoms with Crippen molar-refractivity contribution >= 4 is 39.0 Å². The number of carbonyl (C=O) groups excluding carboxylic acids is 1. The topological polar surface area (TPSA) is 36.4 Å². The van der Waals surface area contributed by atoms with Crippen LogP contribution >= 0.6 is 27.3 Å². The van der Waals surface area contributed by atoms with E-state index in [4.69, 9.17) is 0 Å². The first-order chi connectivity index (χ1) is 10.1. The molecule has 0 N–H and O–H groups in total. The second-order valence-electron chi connectivity index (χ2n) is 5.03. The highest BCUT2D eigenvalue weighted by atomic mass is 79.9. The van der Waals surface area contributed by atoms with Gasteiger partial charge >= 0.3 is 0 Å². The SMILES string of the molecule is Cc1cc(C(=O)N2CCN(c3ccccn3)CC2)sc1Br. The number of nitrogens with zero attached hydrogens (tertiary/aromatic N) is 3. The first kappa shape index (κ1) is 14.5. The van der Waals surface area contributed by atoms with Gasteiger partial charge in [-0.1, -0.05) is 6.07 Å². The summed E-state index contributed by atoms with van der Waals surface area (Å²) >= 11 is 4.99. The third kappa shape index (κ3) is 3.11. The van der Waals surface area contributed by atoms with Gasteiger partial charge in [0, 0.05) is 32.4 Å². The first-order valence-electron chi connectivity index (χ1n) is 6.86. The molecule has 2 aromatic rings. The van der Waals surface area contributed by atoms with Crippen LogP contribution < -0.4 is 4.90 Å². The number of aryl methyl sites for hydroxylation is 1. The zero-order valence-electron chi connectivity index (χ0n) is 11.8. The normalized spacial score (nSPS) is 15.3. The molecule has 0 atom stereocenters. The minimum Gasteiger partial charge on any atom is -0.353 e. The number of hydrogen-bond acceptors (Lipinski definition) is 4. The fourth-order valence-electron chi connectivity index (χ4n) is 2.40. The van der Waals surface area contributed by atoms with Crippen molar-refractivity contribution in [2.45, 2.75) is 6.92 Å². The predicted octanol–water partition coefficient (Wildman–Crippen LogP) is 3.18. The molecule has 0 radical (unpaired) electrons. The molecule has 21 heavy (non-hydrogen) atoms. The Morgan fingerprint density at radius 3 is 2.62 bits per heavy atom. The second kappa shape index (κ2) is 6.15. The molecule has 6 heteroatoms. The van der Waals surface area contributed by atoms with Crippen LogP contribution in [0.25, 0.3) is 0 Å². The number of aromatic nitrogens is 1. The average Bonchev–Trinajstić information content (AvgIpc) is 2.87. The maximum atomic E-state index is 12.5. The minimum atomic E-state index is 0.134. The molecule has 4 nitrogen and oxygen atoms in total. The first-order valence-corrected chi connectivity index (χ1v) is 8.47. The van der Waals surface area contributed by atoms with Gasteiger partial charge in [-0.25, -0.2) is 4.98 Å². The molecule has 1 amide bonds. The molecule has 0 aliphatic carbocycles. The van der Waals surface area contributed by atoms with Crippen molar-refractivity contribution in [1.29, 1.82) is 0 Å². The lowest BCUT2D eigenvalue weighted by Crippen LogP contribution is -2.48. The Kier molecular flexibility index (Phi) is 4.26. The molecule has 1 saturated heterocycles. The van der Waals surface area contributed by atoms with Crippen molar-refractivity contribution in [3.63, 3.8) is 0 Å². The Labute approximate surface area is 136 Å². The third-order valence-corrected chi connectivity index (χ3v) is 5.73. The highest BCUT2D eigenvalue weighted by molar-refractivity contribution is 9.11. The van der Waals surface area contributed by atoms with Gasteiger partial charge in [0.05, 0.1) is 8.66 Å². The molecule has 0 unspecified atom stereocenters. The maximum Gasteiger partial charge on any atom is 0.264 e. The largest absolute Gasteiger partial charge is 0.353 e. The molecular formula is C15H16BrN3OS. The molecule has 3 heterocycles. The summed E-state index contributed by atoms with van der Waals surface area (Å²) < 4.78 is 1.04. The standard InChI is InChI=1S/C15H16BrN3OS/c1-11-10-12(21-14(11)16)15(20)19-8-6-18(7-9-19)13-4-2-3-5-17-13/h2-5,10H,6-9H2,1H3. The molecule has 2 aromatic heterocycles. The summed E-state index contributed by atoms with van der Waals surface area (Å²) in [5.74, 6) is 1.12. The number of halogens is 1. The number of carbonyl (C=O) groups is 1. The Morgan fingerprint density at radius 1 is 1.29 bits per heavy atom. The zero-order valence-corrected chi connectivity index (χ0v) is 14.2. The zero-order chi connectivity index (χ0) is 14.8. The van der Waals surface area contributed by atoms with Crippen molar-refractivity contribution in [3.8, 4) is 0 Å². The molecule has 0 saturated carbocycles. The van der Waals surface area contributed by atoms with Gasteiger partial charge in [0.25, 0.3) is 5.91 Å².